The Morgan fingerprint density at radius 2 is 1.47 bits per heavy atom. The molecule has 10 heteroatoms. The highest BCUT2D eigenvalue weighted by atomic mass is 16.5. The van der Waals surface area contributed by atoms with E-state index in [9.17, 15) is 24.0 Å². The molecule has 1 saturated carbocycles. The molecule has 10 nitrogen and oxygen atoms in total. The van der Waals surface area contributed by atoms with Crippen molar-refractivity contribution in [1.29, 1.82) is 0 Å². The Morgan fingerprint density at radius 3 is 2.03 bits per heavy atom. The first-order valence-corrected chi connectivity index (χ1v) is 12.9. The summed E-state index contributed by atoms with van der Waals surface area (Å²) < 4.78 is 6.08. The normalized spacial score (nSPS) is 25.3. The zero-order chi connectivity index (χ0) is 26.6. The van der Waals surface area contributed by atoms with Gasteiger partial charge in [-0.25, -0.2) is 4.79 Å². The zero-order valence-electron chi connectivity index (χ0n) is 20.6. The average Bonchev–Trinajstić information content (AvgIpc) is 3.42. The summed E-state index contributed by atoms with van der Waals surface area (Å²) in [5, 5.41) is 11.3. The fourth-order valence-electron chi connectivity index (χ4n) is 6.05. The number of hydrogen-bond donors (Lipinski definition) is 2. The number of aromatic carboxylic acids is 1. The number of carboxylic acid groups (broad SMARTS) is 1. The average molecular weight is 518 g/mol. The molecule has 0 bridgehead atoms. The molecule has 3 heterocycles. The molecule has 1 aliphatic carbocycles. The Kier molecular flexibility index (Phi) is 5.98. The van der Waals surface area contributed by atoms with Crippen molar-refractivity contribution in [2.24, 2.45) is 0 Å². The maximum absolute atomic E-state index is 13.1. The van der Waals surface area contributed by atoms with Gasteiger partial charge in [0.05, 0.1) is 22.8 Å². The Hall–Kier alpha value is -4.05. The molecule has 0 radical (unpaired) electrons. The van der Waals surface area contributed by atoms with Gasteiger partial charge in [0.1, 0.15) is 11.8 Å². The number of nitrogens with zero attached hydrogens (tertiary/aromatic N) is 2. The lowest BCUT2D eigenvalue weighted by Gasteiger charge is -2.34. The molecule has 1 saturated heterocycles. The van der Waals surface area contributed by atoms with Crippen LogP contribution >= 0.6 is 0 Å². The monoisotopic (exact) mass is 517 g/mol. The topological polar surface area (TPSA) is 133 Å². The van der Waals surface area contributed by atoms with Gasteiger partial charge in [0.2, 0.25) is 11.8 Å². The van der Waals surface area contributed by atoms with Gasteiger partial charge in [0.25, 0.3) is 11.8 Å². The van der Waals surface area contributed by atoms with E-state index in [2.05, 4.69) is 10.2 Å². The molecule has 2 N–H and O–H groups in total. The van der Waals surface area contributed by atoms with Gasteiger partial charge >= 0.3 is 5.97 Å². The Labute approximate surface area is 218 Å². The van der Waals surface area contributed by atoms with Crippen LogP contribution in [0.25, 0.3) is 0 Å². The predicted molar refractivity (Wildman–Crippen MR) is 132 cm³/mol. The number of imide groups is 2. The summed E-state index contributed by atoms with van der Waals surface area (Å²) in [4.78, 5) is 64.5. The van der Waals surface area contributed by atoms with Crippen LogP contribution in [-0.2, 0) is 22.7 Å². The summed E-state index contributed by atoms with van der Waals surface area (Å²) in [6, 6.07) is 9.46. The number of nitrogens with one attached hydrogen (secondary N) is 1. The Morgan fingerprint density at radius 1 is 0.868 bits per heavy atom. The molecular weight excluding hydrogens is 490 g/mol. The first-order valence-electron chi connectivity index (χ1n) is 12.9. The van der Waals surface area contributed by atoms with Gasteiger partial charge in [-0.2, -0.15) is 0 Å². The van der Waals surface area contributed by atoms with Crippen molar-refractivity contribution in [1.82, 2.24) is 15.1 Å². The quantitative estimate of drug-likeness (QED) is 0.578. The lowest BCUT2D eigenvalue weighted by atomic mass is 9.92. The number of hydrogen-bond acceptors (Lipinski definition) is 7. The highest BCUT2D eigenvalue weighted by Gasteiger charge is 2.45. The third kappa shape index (κ3) is 4.24. The molecule has 2 fully saturated rings. The van der Waals surface area contributed by atoms with Crippen molar-refractivity contribution in [2.75, 3.05) is 0 Å². The standard InChI is InChI=1S/C28H27N3O7/c32-24-10-9-23(25(33)29-24)31-26(34)21-11-16-13-30(14-17(16)12-22(21)27(31)35)18-3-7-20(8-4-18)38-19-5-1-15(2-6-19)28(36)37/h1-2,5-6,11-12,18,20,23H,3-4,7-10,13-14H2,(H,36,37)(H,29,32,33)/t18-,20-,23?. The molecule has 0 aromatic heterocycles. The van der Waals surface area contributed by atoms with Crippen molar-refractivity contribution >= 4 is 29.6 Å². The minimum atomic E-state index is -0.964. The molecule has 4 aliphatic rings. The lowest BCUT2D eigenvalue weighted by Crippen LogP contribution is -2.54. The van der Waals surface area contributed by atoms with Crippen LogP contribution in [-0.4, -0.2) is 62.7 Å². The molecule has 0 spiro atoms. The number of ether oxygens (including phenoxy) is 1. The number of carbonyl (C=O) groups is 5. The third-order valence-corrected chi connectivity index (χ3v) is 8.07. The SMILES string of the molecule is O=C1CCC(N2C(=O)c3cc4c(cc3C2=O)CN([C@H]2CC[C@H](Oc3ccc(C(=O)O)cc3)CC2)C4)C(=O)N1. The number of benzene rings is 2. The molecule has 38 heavy (non-hydrogen) atoms. The molecule has 2 aromatic rings. The van der Waals surface area contributed by atoms with Crippen LogP contribution in [0.1, 0.15) is 80.7 Å². The van der Waals surface area contributed by atoms with Crippen LogP contribution in [0.2, 0.25) is 0 Å². The molecule has 3 aliphatic heterocycles. The first kappa shape index (κ1) is 24.3. The summed E-state index contributed by atoms with van der Waals surface area (Å²) in [6.45, 7) is 1.38. The maximum Gasteiger partial charge on any atom is 0.335 e. The van der Waals surface area contributed by atoms with Crippen molar-refractivity contribution < 1.29 is 33.8 Å². The molecule has 4 amide bonds. The summed E-state index contributed by atoms with van der Waals surface area (Å²) in [5.41, 5.74) is 2.92. The van der Waals surface area contributed by atoms with Gasteiger partial charge in [-0.3, -0.25) is 34.3 Å². The van der Waals surface area contributed by atoms with E-state index < -0.39 is 35.6 Å². The molecule has 1 atom stereocenters. The van der Waals surface area contributed by atoms with Crippen molar-refractivity contribution in [2.45, 2.75) is 69.8 Å². The van der Waals surface area contributed by atoms with Gasteiger partial charge in [-0.15, -0.1) is 0 Å². The molecular formula is C28H27N3O7. The van der Waals surface area contributed by atoms with Crippen LogP contribution in [0.4, 0.5) is 0 Å². The van der Waals surface area contributed by atoms with Crippen molar-refractivity contribution in [3.63, 3.8) is 0 Å². The number of fused-ring (bicyclic) bond motifs is 2. The largest absolute Gasteiger partial charge is 0.490 e. The predicted octanol–water partition coefficient (Wildman–Crippen LogP) is 2.49. The van der Waals surface area contributed by atoms with Gasteiger partial charge < -0.3 is 9.84 Å². The van der Waals surface area contributed by atoms with Crippen LogP contribution in [0.5, 0.6) is 5.75 Å². The van der Waals surface area contributed by atoms with Crippen molar-refractivity contribution in [3.8, 4) is 5.75 Å². The van der Waals surface area contributed by atoms with Crippen LogP contribution in [0.3, 0.4) is 0 Å². The summed E-state index contributed by atoms with van der Waals surface area (Å²) in [6.07, 6.45) is 3.98. The number of rotatable bonds is 5. The van der Waals surface area contributed by atoms with E-state index in [1.807, 2.05) is 0 Å². The highest BCUT2D eigenvalue weighted by Crippen LogP contribution is 2.36. The van der Waals surface area contributed by atoms with E-state index in [1.54, 1.807) is 36.4 Å². The van der Waals surface area contributed by atoms with E-state index in [1.165, 1.54) is 0 Å². The van der Waals surface area contributed by atoms with E-state index in [0.29, 0.717) is 36.0 Å². The molecule has 2 aromatic carbocycles. The third-order valence-electron chi connectivity index (χ3n) is 8.07. The fraction of sp³-hybridized carbons (Fsp3) is 0.393. The van der Waals surface area contributed by atoms with E-state index in [4.69, 9.17) is 9.84 Å². The summed E-state index contributed by atoms with van der Waals surface area (Å²) in [7, 11) is 0. The minimum absolute atomic E-state index is 0.0733. The van der Waals surface area contributed by atoms with E-state index in [0.717, 1.165) is 41.7 Å². The second-order valence-electron chi connectivity index (χ2n) is 10.4. The van der Waals surface area contributed by atoms with E-state index >= 15 is 0 Å². The van der Waals surface area contributed by atoms with Crippen molar-refractivity contribution in [3.05, 3.63) is 64.2 Å². The lowest BCUT2D eigenvalue weighted by molar-refractivity contribution is -0.136. The highest BCUT2D eigenvalue weighted by molar-refractivity contribution is 6.23. The second-order valence-corrected chi connectivity index (χ2v) is 10.4. The Bertz CT molecular complexity index is 1320. The number of carbonyl (C=O) groups excluding carboxylic acids is 4. The number of amides is 4. The minimum Gasteiger partial charge on any atom is -0.490 e. The molecule has 1 unspecified atom stereocenters. The number of carboxylic acids is 1. The van der Waals surface area contributed by atoms with E-state index in [-0.39, 0.29) is 24.5 Å². The van der Waals surface area contributed by atoms with Gasteiger partial charge in [0, 0.05) is 25.6 Å². The number of piperidine rings is 1. The Balaban J connectivity index is 1.08. The van der Waals surface area contributed by atoms with Gasteiger partial charge in [-0.1, -0.05) is 0 Å². The van der Waals surface area contributed by atoms with Crippen LogP contribution in [0, 0.1) is 0 Å². The maximum atomic E-state index is 13.1. The zero-order valence-corrected chi connectivity index (χ0v) is 20.6. The first-order chi connectivity index (χ1) is 18.3. The second kappa shape index (κ2) is 9.36. The van der Waals surface area contributed by atoms with Crippen LogP contribution < -0.4 is 10.1 Å². The smallest absolute Gasteiger partial charge is 0.335 e. The summed E-state index contributed by atoms with van der Waals surface area (Å²) in [5.74, 6) is -2.25. The fourth-order valence-corrected chi connectivity index (χ4v) is 6.05. The van der Waals surface area contributed by atoms with Crippen LogP contribution in [0.15, 0.2) is 36.4 Å². The van der Waals surface area contributed by atoms with Gasteiger partial charge in [-0.05, 0) is 79.6 Å². The summed E-state index contributed by atoms with van der Waals surface area (Å²) >= 11 is 0. The molecule has 196 valence electrons. The van der Waals surface area contributed by atoms with Gasteiger partial charge in [0.15, 0.2) is 0 Å². The molecule has 6 rings (SSSR count).